The molecule has 4 aromatic heterocycles. The van der Waals surface area contributed by atoms with Crippen molar-refractivity contribution in [3.05, 3.63) is 36.8 Å². The number of carbonyl (C=O) groups is 1. The molecule has 0 saturated heterocycles. The molecule has 1 aliphatic rings. The van der Waals surface area contributed by atoms with Crippen LogP contribution in [0, 0.1) is 5.41 Å². The summed E-state index contributed by atoms with van der Waals surface area (Å²) < 4.78 is 7.44. The van der Waals surface area contributed by atoms with Crippen molar-refractivity contribution in [2.45, 2.75) is 25.8 Å². The molecule has 1 saturated carbocycles. The summed E-state index contributed by atoms with van der Waals surface area (Å²) in [5.41, 5.74) is 3.37. The number of carbonyl (C=O) groups excluding carboxylic acids is 1. The van der Waals surface area contributed by atoms with Gasteiger partial charge in [0, 0.05) is 44.3 Å². The fraction of sp³-hybridized carbons (Fsp3) is 0.364. The summed E-state index contributed by atoms with van der Waals surface area (Å²) in [4.78, 5) is 26.5. The van der Waals surface area contributed by atoms with Gasteiger partial charge in [-0.1, -0.05) is 6.92 Å². The number of amides is 1. The van der Waals surface area contributed by atoms with E-state index < -0.39 is 0 Å². The van der Waals surface area contributed by atoms with Crippen LogP contribution in [0.1, 0.15) is 19.8 Å². The summed E-state index contributed by atoms with van der Waals surface area (Å²) in [6.07, 6.45) is 7.11. The van der Waals surface area contributed by atoms with Crippen molar-refractivity contribution in [3.63, 3.8) is 0 Å². The third-order valence-corrected chi connectivity index (χ3v) is 6.05. The molecular formula is C22H25N7O2. The maximum Gasteiger partial charge on any atom is 0.228 e. The van der Waals surface area contributed by atoms with Crippen LogP contribution in [-0.2, 0) is 4.79 Å². The molecular weight excluding hydrogens is 394 g/mol. The standard InChI is InChI=1S/C22H25N7O2/c1-22(20(30)28(2)3)10-14(11-22)25-21-26-18-17(19(27-21)31-4)16(12-23-18)13-6-8-29-15(9-13)5-7-24-29/h5-9,12,14H,10-11H2,1-4H3,(H2,23,25,26,27)/t14-,22-. The summed E-state index contributed by atoms with van der Waals surface area (Å²) in [5.74, 6) is 1.15. The maximum absolute atomic E-state index is 12.4. The second-order valence-corrected chi connectivity index (χ2v) is 8.61. The van der Waals surface area contributed by atoms with E-state index in [-0.39, 0.29) is 17.4 Å². The molecule has 0 spiro atoms. The van der Waals surface area contributed by atoms with Gasteiger partial charge in [0.2, 0.25) is 17.7 Å². The molecule has 4 aromatic rings. The zero-order valence-corrected chi connectivity index (χ0v) is 18.0. The number of methoxy groups -OCH3 is 1. The number of pyridine rings is 1. The Bertz CT molecular complexity index is 1280. The fourth-order valence-corrected chi connectivity index (χ4v) is 4.56. The van der Waals surface area contributed by atoms with Crippen LogP contribution in [0.5, 0.6) is 5.88 Å². The SMILES string of the molecule is COc1nc(N[C@H]2C[C@](C)(C(=O)N(C)C)C2)nc2[nH]cc(-c3ccn4nccc4c3)c12. The van der Waals surface area contributed by atoms with E-state index in [2.05, 4.69) is 31.4 Å². The average Bonchev–Trinajstić information content (AvgIpc) is 3.37. The van der Waals surface area contributed by atoms with Crippen molar-refractivity contribution in [2.75, 3.05) is 26.5 Å². The number of H-pyrrole nitrogens is 1. The van der Waals surface area contributed by atoms with Gasteiger partial charge in [0.1, 0.15) is 5.65 Å². The smallest absolute Gasteiger partial charge is 0.228 e. The van der Waals surface area contributed by atoms with E-state index in [4.69, 9.17) is 4.74 Å². The Kier molecular flexibility index (Phi) is 4.35. The molecule has 0 unspecified atom stereocenters. The number of rotatable bonds is 5. The van der Waals surface area contributed by atoms with Crippen molar-refractivity contribution >= 4 is 28.4 Å². The highest BCUT2D eigenvalue weighted by atomic mass is 16.5. The molecule has 160 valence electrons. The summed E-state index contributed by atoms with van der Waals surface area (Å²) in [5, 5.41) is 8.44. The Balaban J connectivity index is 1.43. The van der Waals surface area contributed by atoms with Crippen molar-refractivity contribution in [2.24, 2.45) is 5.41 Å². The second-order valence-electron chi connectivity index (χ2n) is 8.61. The molecule has 5 rings (SSSR count). The molecule has 0 aromatic carbocycles. The Morgan fingerprint density at radius 3 is 2.87 bits per heavy atom. The first kappa shape index (κ1) is 19.3. The van der Waals surface area contributed by atoms with Gasteiger partial charge in [0.05, 0.1) is 23.4 Å². The fourth-order valence-electron chi connectivity index (χ4n) is 4.56. The summed E-state index contributed by atoms with van der Waals surface area (Å²) in [6, 6.07) is 6.18. The van der Waals surface area contributed by atoms with Gasteiger partial charge in [-0.05, 0) is 36.6 Å². The Hall–Kier alpha value is -3.62. The van der Waals surface area contributed by atoms with E-state index in [1.54, 1.807) is 32.3 Å². The van der Waals surface area contributed by atoms with E-state index in [0.29, 0.717) is 17.5 Å². The number of aromatic amines is 1. The molecule has 2 N–H and O–H groups in total. The van der Waals surface area contributed by atoms with E-state index in [1.807, 2.05) is 36.0 Å². The molecule has 1 aliphatic carbocycles. The number of nitrogens with one attached hydrogen (secondary N) is 2. The minimum atomic E-state index is -0.332. The highest BCUT2D eigenvalue weighted by molar-refractivity contribution is 5.98. The maximum atomic E-state index is 12.4. The van der Waals surface area contributed by atoms with Crippen LogP contribution in [0.2, 0.25) is 0 Å². The lowest BCUT2D eigenvalue weighted by atomic mass is 9.66. The van der Waals surface area contributed by atoms with Crippen LogP contribution >= 0.6 is 0 Å². The van der Waals surface area contributed by atoms with E-state index in [9.17, 15) is 4.79 Å². The first-order valence-electron chi connectivity index (χ1n) is 10.2. The van der Waals surface area contributed by atoms with E-state index in [0.717, 1.165) is 34.9 Å². The summed E-state index contributed by atoms with van der Waals surface area (Å²) >= 11 is 0. The number of aromatic nitrogens is 5. The molecule has 0 aliphatic heterocycles. The monoisotopic (exact) mass is 419 g/mol. The van der Waals surface area contributed by atoms with Crippen molar-refractivity contribution < 1.29 is 9.53 Å². The number of nitrogens with zero attached hydrogens (tertiary/aromatic N) is 5. The van der Waals surface area contributed by atoms with Crippen molar-refractivity contribution in [1.29, 1.82) is 0 Å². The van der Waals surface area contributed by atoms with Crippen LogP contribution in [0.3, 0.4) is 0 Å². The summed E-state index contributed by atoms with van der Waals surface area (Å²) in [7, 11) is 5.20. The number of ether oxygens (including phenoxy) is 1. The van der Waals surface area contributed by atoms with Gasteiger partial charge >= 0.3 is 0 Å². The molecule has 1 fully saturated rings. The van der Waals surface area contributed by atoms with Crippen LogP contribution in [0.25, 0.3) is 27.7 Å². The zero-order chi connectivity index (χ0) is 21.8. The minimum Gasteiger partial charge on any atom is -0.480 e. The van der Waals surface area contributed by atoms with Crippen molar-refractivity contribution in [1.82, 2.24) is 29.5 Å². The molecule has 0 bridgehead atoms. The lowest BCUT2D eigenvalue weighted by molar-refractivity contribution is -0.143. The first-order valence-corrected chi connectivity index (χ1v) is 10.2. The number of fused-ring (bicyclic) bond motifs is 2. The lowest BCUT2D eigenvalue weighted by Gasteiger charge is -2.45. The Morgan fingerprint density at radius 2 is 2.13 bits per heavy atom. The Labute approximate surface area is 179 Å². The van der Waals surface area contributed by atoms with Crippen LogP contribution < -0.4 is 10.1 Å². The minimum absolute atomic E-state index is 0.148. The third kappa shape index (κ3) is 3.17. The van der Waals surface area contributed by atoms with Gasteiger partial charge in [-0.3, -0.25) is 4.79 Å². The molecule has 0 atom stereocenters. The van der Waals surface area contributed by atoms with Crippen LogP contribution in [0.15, 0.2) is 36.8 Å². The quantitative estimate of drug-likeness (QED) is 0.516. The molecule has 0 radical (unpaired) electrons. The predicted octanol–water partition coefficient (Wildman–Crippen LogP) is 2.95. The molecule has 1 amide bonds. The largest absolute Gasteiger partial charge is 0.480 e. The predicted molar refractivity (Wildman–Crippen MR) is 118 cm³/mol. The summed E-state index contributed by atoms with van der Waals surface area (Å²) in [6.45, 7) is 2.01. The highest BCUT2D eigenvalue weighted by Gasteiger charge is 2.47. The topological polar surface area (TPSA) is 100 Å². The molecule has 9 heteroatoms. The Morgan fingerprint density at radius 1 is 1.32 bits per heavy atom. The van der Waals surface area contributed by atoms with E-state index >= 15 is 0 Å². The zero-order valence-electron chi connectivity index (χ0n) is 18.0. The molecule has 9 nitrogen and oxygen atoms in total. The van der Waals surface area contributed by atoms with Crippen LogP contribution in [0.4, 0.5) is 5.95 Å². The van der Waals surface area contributed by atoms with Gasteiger partial charge in [-0.2, -0.15) is 15.1 Å². The van der Waals surface area contributed by atoms with Gasteiger partial charge in [-0.25, -0.2) is 4.52 Å². The third-order valence-electron chi connectivity index (χ3n) is 6.05. The number of hydrogen-bond donors (Lipinski definition) is 2. The first-order chi connectivity index (χ1) is 14.9. The highest BCUT2D eigenvalue weighted by Crippen LogP contribution is 2.43. The lowest BCUT2D eigenvalue weighted by Crippen LogP contribution is -2.52. The van der Waals surface area contributed by atoms with Gasteiger partial charge in [-0.15, -0.1) is 0 Å². The van der Waals surface area contributed by atoms with Gasteiger partial charge in [0.15, 0.2) is 0 Å². The average molecular weight is 419 g/mol. The van der Waals surface area contributed by atoms with Crippen molar-refractivity contribution in [3.8, 4) is 17.0 Å². The van der Waals surface area contributed by atoms with Gasteiger partial charge in [0.25, 0.3) is 0 Å². The van der Waals surface area contributed by atoms with Crippen LogP contribution in [-0.4, -0.2) is 62.6 Å². The van der Waals surface area contributed by atoms with E-state index in [1.165, 1.54) is 0 Å². The van der Waals surface area contributed by atoms with Gasteiger partial charge < -0.3 is 19.9 Å². The number of hydrogen-bond acceptors (Lipinski definition) is 6. The molecule has 4 heterocycles. The molecule has 31 heavy (non-hydrogen) atoms. The number of anilines is 1. The normalized spacial score (nSPS) is 20.6. The second kappa shape index (κ2) is 6.97.